The van der Waals surface area contributed by atoms with E-state index in [2.05, 4.69) is 0 Å². The molecule has 15 heavy (non-hydrogen) atoms. The number of hydrogen-bond acceptors (Lipinski definition) is 2. The van der Waals surface area contributed by atoms with Crippen molar-refractivity contribution in [2.45, 2.75) is 12.8 Å². The van der Waals surface area contributed by atoms with Crippen LogP contribution in [0, 0.1) is 11.6 Å². The van der Waals surface area contributed by atoms with Gasteiger partial charge < -0.3 is 10.6 Å². The van der Waals surface area contributed by atoms with E-state index in [-0.39, 0.29) is 11.6 Å². The highest BCUT2D eigenvalue weighted by atomic mass is 19.1. The van der Waals surface area contributed by atoms with Crippen molar-refractivity contribution in [2.75, 3.05) is 24.5 Å². The van der Waals surface area contributed by atoms with Crippen molar-refractivity contribution in [3.8, 4) is 0 Å². The van der Waals surface area contributed by atoms with Gasteiger partial charge in [0.05, 0.1) is 5.69 Å². The maximum Gasteiger partial charge on any atom is 0.146 e. The monoisotopic (exact) mass is 212 g/mol. The molecule has 1 aliphatic heterocycles. The maximum absolute atomic E-state index is 13.6. The van der Waals surface area contributed by atoms with Gasteiger partial charge in [0.15, 0.2) is 0 Å². The summed E-state index contributed by atoms with van der Waals surface area (Å²) in [6.07, 6.45) is 1.43. The molecule has 1 fully saturated rings. The van der Waals surface area contributed by atoms with Crippen molar-refractivity contribution >= 4 is 5.69 Å². The minimum absolute atomic E-state index is 0.333. The zero-order valence-corrected chi connectivity index (χ0v) is 8.47. The molecule has 0 saturated carbocycles. The highest BCUT2D eigenvalue weighted by molar-refractivity contribution is 5.51. The van der Waals surface area contributed by atoms with Crippen molar-refractivity contribution in [3.63, 3.8) is 0 Å². The standard InChI is InChI=1S/C11H14F2N2/c12-9-7-11(15-4-1-5-15)10(13)6-8(9)2-3-14/h6-7H,1-5,14H2. The van der Waals surface area contributed by atoms with Crippen LogP contribution in [0.15, 0.2) is 12.1 Å². The smallest absolute Gasteiger partial charge is 0.146 e. The minimum Gasteiger partial charge on any atom is -0.369 e. The van der Waals surface area contributed by atoms with E-state index in [1.165, 1.54) is 12.1 Å². The first kappa shape index (κ1) is 10.4. The van der Waals surface area contributed by atoms with Crippen molar-refractivity contribution in [1.82, 2.24) is 0 Å². The summed E-state index contributed by atoms with van der Waals surface area (Å²) in [5, 5.41) is 0. The van der Waals surface area contributed by atoms with Crippen LogP contribution in [0.1, 0.15) is 12.0 Å². The van der Waals surface area contributed by atoms with Gasteiger partial charge in [-0.25, -0.2) is 8.78 Å². The molecule has 0 aromatic heterocycles. The second-order valence-corrected chi connectivity index (χ2v) is 3.77. The summed E-state index contributed by atoms with van der Waals surface area (Å²) in [6.45, 7) is 1.96. The Morgan fingerprint density at radius 2 is 1.93 bits per heavy atom. The van der Waals surface area contributed by atoms with Gasteiger partial charge in [0.2, 0.25) is 0 Å². The van der Waals surface area contributed by atoms with Gasteiger partial charge in [-0.1, -0.05) is 0 Å². The Kier molecular flexibility index (Phi) is 2.86. The van der Waals surface area contributed by atoms with Crippen molar-refractivity contribution in [1.29, 1.82) is 0 Å². The molecule has 0 bridgehead atoms. The molecule has 0 radical (unpaired) electrons. The number of nitrogens with two attached hydrogens (primary N) is 1. The third-order valence-corrected chi connectivity index (χ3v) is 2.73. The molecule has 0 spiro atoms. The molecule has 1 aromatic rings. The van der Waals surface area contributed by atoms with E-state index in [4.69, 9.17) is 5.73 Å². The van der Waals surface area contributed by atoms with Crippen LogP contribution in [0.3, 0.4) is 0 Å². The first-order valence-electron chi connectivity index (χ1n) is 5.15. The summed E-state index contributed by atoms with van der Waals surface area (Å²) >= 11 is 0. The van der Waals surface area contributed by atoms with Gasteiger partial charge in [-0.15, -0.1) is 0 Å². The van der Waals surface area contributed by atoms with E-state index in [1.807, 2.05) is 4.90 Å². The van der Waals surface area contributed by atoms with E-state index in [9.17, 15) is 8.78 Å². The third-order valence-electron chi connectivity index (χ3n) is 2.73. The van der Waals surface area contributed by atoms with Crippen LogP contribution in [-0.4, -0.2) is 19.6 Å². The Balaban J connectivity index is 2.29. The Hall–Kier alpha value is -1.16. The molecule has 82 valence electrons. The Labute approximate surface area is 87.7 Å². The lowest BCUT2D eigenvalue weighted by atomic mass is 10.1. The second kappa shape index (κ2) is 4.14. The molecule has 1 heterocycles. The van der Waals surface area contributed by atoms with Crippen LogP contribution in [0.2, 0.25) is 0 Å². The Morgan fingerprint density at radius 1 is 1.20 bits per heavy atom. The lowest BCUT2D eigenvalue weighted by Crippen LogP contribution is -2.37. The quantitative estimate of drug-likeness (QED) is 0.826. The van der Waals surface area contributed by atoms with Crippen LogP contribution < -0.4 is 10.6 Å². The van der Waals surface area contributed by atoms with Crippen LogP contribution >= 0.6 is 0 Å². The lowest BCUT2D eigenvalue weighted by Gasteiger charge is -2.33. The summed E-state index contributed by atoms with van der Waals surface area (Å²) in [7, 11) is 0. The van der Waals surface area contributed by atoms with E-state index in [0.29, 0.717) is 24.2 Å². The number of hydrogen-bond donors (Lipinski definition) is 1. The first-order valence-corrected chi connectivity index (χ1v) is 5.15. The summed E-state index contributed by atoms with van der Waals surface area (Å²) in [4.78, 5) is 1.84. The molecular formula is C11H14F2N2. The molecule has 2 nitrogen and oxygen atoms in total. The predicted molar refractivity (Wildman–Crippen MR) is 55.9 cm³/mol. The number of anilines is 1. The number of nitrogens with zero attached hydrogens (tertiary/aromatic N) is 1. The summed E-state index contributed by atoms with van der Waals surface area (Å²) < 4.78 is 27.1. The fourth-order valence-electron chi connectivity index (χ4n) is 1.72. The molecule has 0 atom stereocenters. The average Bonchev–Trinajstić information content (AvgIpc) is 2.11. The van der Waals surface area contributed by atoms with Gasteiger partial charge in [-0.05, 0) is 31.0 Å². The topological polar surface area (TPSA) is 29.3 Å². The molecule has 1 aliphatic rings. The van der Waals surface area contributed by atoms with Crippen LogP contribution in [0.5, 0.6) is 0 Å². The second-order valence-electron chi connectivity index (χ2n) is 3.77. The van der Waals surface area contributed by atoms with Crippen LogP contribution in [-0.2, 0) is 6.42 Å². The molecule has 4 heteroatoms. The Morgan fingerprint density at radius 3 is 2.47 bits per heavy atom. The Bertz CT molecular complexity index is 362. The molecule has 0 aliphatic carbocycles. The highest BCUT2D eigenvalue weighted by Crippen LogP contribution is 2.26. The minimum atomic E-state index is -0.358. The summed E-state index contributed by atoms with van der Waals surface area (Å²) in [5.74, 6) is -0.705. The molecule has 1 saturated heterocycles. The molecule has 2 N–H and O–H groups in total. The SMILES string of the molecule is NCCc1cc(F)c(N2CCC2)cc1F. The average molecular weight is 212 g/mol. The molecular weight excluding hydrogens is 198 g/mol. The van der Waals surface area contributed by atoms with Gasteiger partial charge in [0.1, 0.15) is 11.6 Å². The summed E-state index contributed by atoms with van der Waals surface area (Å²) in [5.41, 5.74) is 6.05. The zero-order chi connectivity index (χ0) is 10.8. The highest BCUT2D eigenvalue weighted by Gasteiger charge is 2.19. The largest absolute Gasteiger partial charge is 0.369 e. The van der Waals surface area contributed by atoms with E-state index in [1.54, 1.807) is 0 Å². The van der Waals surface area contributed by atoms with E-state index < -0.39 is 0 Å². The van der Waals surface area contributed by atoms with Crippen LogP contribution in [0.4, 0.5) is 14.5 Å². The van der Waals surface area contributed by atoms with Crippen LogP contribution in [0.25, 0.3) is 0 Å². The van der Waals surface area contributed by atoms with Gasteiger partial charge >= 0.3 is 0 Å². The van der Waals surface area contributed by atoms with Gasteiger partial charge in [0.25, 0.3) is 0 Å². The molecule has 0 amide bonds. The maximum atomic E-state index is 13.6. The lowest BCUT2D eigenvalue weighted by molar-refractivity contribution is 0.554. The zero-order valence-electron chi connectivity index (χ0n) is 8.47. The molecule has 0 unspecified atom stereocenters. The fourth-order valence-corrected chi connectivity index (χ4v) is 1.72. The molecule has 1 aromatic carbocycles. The van der Waals surface area contributed by atoms with Gasteiger partial charge in [-0.3, -0.25) is 0 Å². The fraction of sp³-hybridized carbons (Fsp3) is 0.455. The van der Waals surface area contributed by atoms with Gasteiger partial charge in [0, 0.05) is 19.2 Å². The third kappa shape index (κ3) is 1.95. The van der Waals surface area contributed by atoms with E-state index >= 15 is 0 Å². The molecule has 2 rings (SSSR count). The normalized spacial score (nSPS) is 15.3. The summed E-state index contributed by atoms with van der Waals surface area (Å²) in [6, 6.07) is 2.54. The van der Waals surface area contributed by atoms with Crippen molar-refractivity contribution in [2.24, 2.45) is 5.73 Å². The van der Waals surface area contributed by atoms with Crippen molar-refractivity contribution in [3.05, 3.63) is 29.3 Å². The van der Waals surface area contributed by atoms with Crippen molar-refractivity contribution < 1.29 is 8.78 Å². The number of rotatable bonds is 3. The number of benzene rings is 1. The van der Waals surface area contributed by atoms with Gasteiger partial charge in [-0.2, -0.15) is 0 Å². The number of halogens is 2. The first-order chi connectivity index (χ1) is 7.22. The predicted octanol–water partition coefficient (Wildman–Crippen LogP) is 1.68. The van der Waals surface area contributed by atoms with E-state index in [0.717, 1.165) is 19.5 Å².